The van der Waals surface area contributed by atoms with Gasteiger partial charge in [-0.2, -0.15) is 4.39 Å². The Morgan fingerprint density at radius 1 is 1.64 bits per heavy atom. The predicted molar refractivity (Wildman–Crippen MR) is 39.7 cm³/mol. The zero-order valence-electron chi connectivity index (χ0n) is 5.75. The molecule has 0 bridgehead atoms. The van der Waals surface area contributed by atoms with E-state index in [0.717, 1.165) is 0 Å². The molecule has 2 nitrogen and oxygen atoms in total. The molecule has 56 valence electrons. The van der Waals surface area contributed by atoms with E-state index in [-0.39, 0.29) is 5.56 Å². The molecule has 0 N–H and O–H groups in total. The lowest BCUT2D eigenvalue weighted by molar-refractivity contribution is 0.111. The van der Waals surface area contributed by atoms with E-state index >= 15 is 0 Å². The van der Waals surface area contributed by atoms with Crippen LogP contribution in [0.25, 0.3) is 6.08 Å². The van der Waals surface area contributed by atoms with Crippen molar-refractivity contribution in [1.82, 2.24) is 4.98 Å². The predicted octanol–water partition coefficient (Wildman–Crippen LogP) is 1.68. The van der Waals surface area contributed by atoms with Gasteiger partial charge in [0.2, 0.25) is 5.95 Å². The van der Waals surface area contributed by atoms with E-state index in [1.807, 2.05) is 0 Å². The Labute approximate surface area is 63.4 Å². The number of carbonyl (C=O) groups excluding carboxylic acids is 1. The molecule has 1 aromatic heterocycles. The number of halogens is 1. The second-order valence-corrected chi connectivity index (χ2v) is 1.93. The van der Waals surface area contributed by atoms with Crippen LogP contribution in [0.15, 0.2) is 18.8 Å². The lowest BCUT2D eigenvalue weighted by Crippen LogP contribution is -1.94. The molecule has 0 aliphatic heterocycles. The highest BCUT2D eigenvalue weighted by Crippen LogP contribution is 2.09. The summed E-state index contributed by atoms with van der Waals surface area (Å²) in [4.78, 5) is 13.6. The molecule has 0 spiro atoms. The summed E-state index contributed by atoms with van der Waals surface area (Å²) >= 11 is 0. The summed E-state index contributed by atoms with van der Waals surface area (Å²) in [6.07, 6.45) is 3.13. The molecule has 0 amide bonds. The quantitative estimate of drug-likeness (QED) is 0.475. The Bertz CT molecular complexity index is 296. The number of hydrogen-bond donors (Lipinski definition) is 0. The second-order valence-electron chi connectivity index (χ2n) is 1.93. The molecule has 0 unspecified atom stereocenters. The van der Waals surface area contributed by atoms with Crippen molar-refractivity contribution >= 4 is 12.4 Å². The number of aromatic nitrogens is 1. The van der Waals surface area contributed by atoms with E-state index in [9.17, 15) is 9.18 Å². The minimum absolute atomic E-state index is 0.0394. The van der Waals surface area contributed by atoms with E-state index in [0.29, 0.717) is 11.8 Å². The van der Waals surface area contributed by atoms with Gasteiger partial charge in [-0.3, -0.25) is 4.79 Å². The molecule has 0 saturated carbocycles. The van der Waals surface area contributed by atoms with Crippen molar-refractivity contribution in [1.29, 1.82) is 0 Å². The molecule has 1 aromatic rings. The highest BCUT2D eigenvalue weighted by Gasteiger charge is 2.04. The maximum Gasteiger partial charge on any atom is 0.224 e. The van der Waals surface area contributed by atoms with Crippen molar-refractivity contribution in [3.05, 3.63) is 35.9 Å². The van der Waals surface area contributed by atoms with E-state index in [1.54, 1.807) is 0 Å². The molecule has 0 atom stereocenters. The molecular formula is C8H6FNO. The summed E-state index contributed by atoms with van der Waals surface area (Å²) in [5.41, 5.74) is 0.426. The average Bonchev–Trinajstić information content (AvgIpc) is 2.04. The van der Waals surface area contributed by atoms with Crippen molar-refractivity contribution in [3.8, 4) is 0 Å². The van der Waals surface area contributed by atoms with Crippen LogP contribution in [0.1, 0.15) is 15.9 Å². The third-order valence-corrected chi connectivity index (χ3v) is 1.31. The number of aldehydes is 1. The van der Waals surface area contributed by atoms with Gasteiger partial charge in [0.1, 0.15) is 0 Å². The number of nitrogens with zero attached hydrogens (tertiary/aromatic N) is 1. The first kappa shape index (κ1) is 7.60. The SMILES string of the molecule is C=Cc1ccnc(F)c1C=O. The zero-order chi connectivity index (χ0) is 8.27. The first-order chi connectivity index (χ1) is 5.29. The van der Waals surface area contributed by atoms with Gasteiger partial charge >= 0.3 is 0 Å². The molecule has 1 rings (SSSR count). The molecule has 1 heterocycles. The molecule has 0 radical (unpaired) electrons. The minimum Gasteiger partial charge on any atom is -0.298 e. The molecule has 0 aliphatic rings. The van der Waals surface area contributed by atoms with Gasteiger partial charge in [0, 0.05) is 6.20 Å². The van der Waals surface area contributed by atoms with E-state index < -0.39 is 5.95 Å². The number of hydrogen-bond acceptors (Lipinski definition) is 2. The van der Waals surface area contributed by atoms with Gasteiger partial charge < -0.3 is 0 Å². The van der Waals surface area contributed by atoms with Gasteiger partial charge in [0.25, 0.3) is 0 Å². The van der Waals surface area contributed by atoms with Crippen LogP contribution < -0.4 is 0 Å². The van der Waals surface area contributed by atoms with Crippen LogP contribution in [-0.2, 0) is 0 Å². The third kappa shape index (κ3) is 1.32. The molecule has 0 aliphatic carbocycles. The molecule has 0 saturated heterocycles. The standard InChI is InChI=1S/C8H6FNO/c1-2-6-3-4-10-8(9)7(6)5-11/h2-5H,1H2. The summed E-state index contributed by atoms with van der Waals surface area (Å²) < 4.78 is 12.6. The van der Waals surface area contributed by atoms with Gasteiger partial charge in [-0.05, 0) is 11.6 Å². The Balaban J connectivity index is 3.35. The van der Waals surface area contributed by atoms with Crippen LogP contribution in [-0.4, -0.2) is 11.3 Å². The number of rotatable bonds is 2. The average molecular weight is 151 g/mol. The maximum absolute atomic E-state index is 12.6. The highest BCUT2D eigenvalue weighted by molar-refractivity contribution is 5.81. The first-order valence-corrected chi connectivity index (χ1v) is 3.01. The van der Waals surface area contributed by atoms with Crippen molar-refractivity contribution < 1.29 is 9.18 Å². The normalized spacial score (nSPS) is 9.18. The van der Waals surface area contributed by atoms with Crippen LogP contribution in [0.2, 0.25) is 0 Å². The van der Waals surface area contributed by atoms with E-state index in [1.165, 1.54) is 18.3 Å². The Morgan fingerprint density at radius 3 is 2.82 bits per heavy atom. The third-order valence-electron chi connectivity index (χ3n) is 1.31. The topological polar surface area (TPSA) is 30.0 Å². The Kier molecular flexibility index (Phi) is 2.11. The second kappa shape index (κ2) is 3.05. The lowest BCUT2D eigenvalue weighted by atomic mass is 10.1. The molecule has 0 aromatic carbocycles. The fourth-order valence-corrected chi connectivity index (χ4v) is 0.756. The monoisotopic (exact) mass is 151 g/mol. The highest BCUT2D eigenvalue weighted by atomic mass is 19.1. The summed E-state index contributed by atoms with van der Waals surface area (Å²) in [5, 5.41) is 0. The van der Waals surface area contributed by atoms with Crippen LogP contribution >= 0.6 is 0 Å². The zero-order valence-corrected chi connectivity index (χ0v) is 5.75. The van der Waals surface area contributed by atoms with Gasteiger partial charge in [-0.15, -0.1) is 0 Å². The summed E-state index contributed by atoms with van der Waals surface area (Å²) in [6, 6.07) is 1.53. The van der Waals surface area contributed by atoms with Gasteiger partial charge in [0.15, 0.2) is 6.29 Å². The lowest BCUT2D eigenvalue weighted by Gasteiger charge is -1.96. The largest absolute Gasteiger partial charge is 0.298 e. The van der Waals surface area contributed by atoms with Gasteiger partial charge in [-0.1, -0.05) is 12.7 Å². The molecule has 11 heavy (non-hydrogen) atoms. The van der Waals surface area contributed by atoms with Crippen molar-refractivity contribution in [3.63, 3.8) is 0 Å². The summed E-state index contributed by atoms with van der Waals surface area (Å²) in [6.45, 7) is 3.43. The van der Waals surface area contributed by atoms with Crippen molar-refractivity contribution in [2.75, 3.05) is 0 Å². The summed E-state index contributed by atoms with van der Waals surface area (Å²) in [5.74, 6) is -0.752. The van der Waals surface area contributed by atoms with Crippen LogP contribution in [0, 0.1) is 5.95 Å². The van der Waals surface area contributed by atoms with Crippen LogP contribution in [0.3, 0.4) is 0 Å². The van der Waals surface area contributed by atoms with Gasteiger partial charge in [0.05, 0.1) is 5.56 Å². The van der Waals surface area contributed by atoms with Crippen molar-refractivity contribution in [2.24, 2.45) is 0 Å². The van der Waals surface area contributed by atoms with Gasteiger partial charge in [-0.25, -0.2) is 4.98 Å². The fourth-order valence-electron chi connectivity index (χ4n) is 0.756. The smallest absolute Gasteiger partial charge is 0.224 e. The molecule has 0 fully saturated rings. The van der Waals surface area contributed by atoms with E-state index in [4.69, 9.17) is 0 Å². The number of pyridine rings is 1. The Hall–Kier alpha value is -1.51. The Morgan fingerprint density at radius 2 is 2.36 bits per heavy atom. The minimum atomic E-state index is -0.752. The van der Waals surface area contributed by atoms with Crippen molar-refractivity contribution in [2.45, 2.75) is 0 Å². The first-order valence-electron chi connectivity index (χ1n) is 3.01. The molecular weight excluding hydrogens is 145 g/mol. The maximum atomic E-state index is 12.6. The van der Waals surface area contributed by atoms with Crippen LogP contribution in [0.4, 0.5) is 4.39 Å². The fraction of sp³-hybridized carbons (Fsp3) is 0. The molecule has 3 heteroatoms. The van der Waals surface area contributed by atoms with E-state index in [2.05, 4.69) is 11.6 Å². The number of carbonyl (C=O) groups is 1. The van der Waals surface area contributed by atoms with Crippen LogP contribution in [0.5, 0.6) is 0 Å². The summed E-state index contributed by atoms with van der Waals surface area (Å²) in [7, 11) is 0.